The lowest BCUT2D eigenvalue weighted by atomic mass is 9.98. The van der Waals surface area contributed by atoms with Crippen molar-refractivity contribution >= 4 is 21.7 Å². The van der Waals surface area contributed by atoms with Gasteiger partial charge in [-0.25, -0.2) is 12.7 Å². The fourth-order valence-corrected chi connectivity index (χ4v) is 3.76. The molecular formula is C16H26N4O2S. The smallest absolute Gasteiger partial charge is 0.211 e. The van der Waals surface area contributed by atoms with Gasteiger partial charge in [-0.15, -0.1) is 0 Å². The second-order valence-electron chi connectivity index (χ2n) is 6.33. The monoisotopic (exact) mass is 338 g/mol. The average molecular weight is 338 g/mol. The van der Waals surface area contributed by atoms with Gasteiger partial charge in [0.25, 0.3) is 0 Å². The Bertz CT molecular complexity index is 657. The minimum atomic E-state index is -3.07. The SMILES string of the molecule is Cc1cc(C)cc(NC(N)=NCC2CCN(S(C)(=O)=O)CC2)c1. The summed E-state index contributed by atoms with van der Waals surface area (Å²) in [4.78, 5) is 4.41. The van der Waals surface area contributed by atoms with Gasteiger partial charge < -0.3 is 11.1 Å². The third-order valence-corrected chi connectivity index (χ3v) is 5.36. The number of anilines is 1. The van der Waals surface area contributed by atoms with Gasteiger partial charge in [0, 0.05) is 25.3 Å². The van der Waals surface area contributed by atoms with Crippen LogP contribution in [0.25, 0.3) is 0 Å². The lowest BCUT2D eigenvalue weighted by molar-refractivity contribution is 0.280. The first kappa shape index (κ1) is 17.7. The van der Waals surface area contributed by atoms with Crippen molar-refractivity contribution in [2.45, 2.75) is 26.7 Å². The van der Waals surface area contributed by atoms with E-state index in [1.165, 1.54) is 21.7 Å². The number of aliphatic imine (C=N–C) groups is 1. The second-order valence-corrected chi connectivity index (χ2v) is 8.32. The van der Waals surface area contributed by atoms with Crippen LogP contribution in [0.2, 0.25) is 0 Å². The zero-order valence-corrected chi connectivity index (χ0v) is 14.9. The van der Waals surface area contributed by atoms with E-state index in [-0.39, 0.29) is 0 Å². The molecule has 0 radical (unpaired) electrons. The number of hydrogen-bond donors (Lipinski definition) is 2. The first-order valence-electron chi connectivity index (χ1n) is 7.84. The van der Waals surface area contributed by atoms with Gasteiger partial charge in [0.15, 0.2) is 5.96 Å². The Labute approximate surface area is 138 Å². The minimum absolute atomic E-state index is 0.382. The van der Waals surface area contributed by atoms with E-state index >= 15 is 0 Å². The molecule has 3 N–H and O–H groups in total. The first-order chi connectivity index (χ1) is 10.7. The summed E-state index contributed by atoms with van der Waals surface area (Å²) in [5, 5.41) is 3.12. The Balaban J connectivity index is 1.86. The van der Waals surface area contributed by atoms with Crippen molar-refractivity contribution in [1.29, 1.82) is 0 Å². The largest absolute Gasteiger partial charge is 0.370 e. The van der Waals surface area contributed by atoms with Crippen LogP contribution in [0, 0.1) is 19.8 Å². The second kappa shape index (κ2) is 7.31. The maximum atomic E-state index is 11.5. The minimum Gasteiger partial charge on any atom is -0.370 e. The standard InChI is InChI=1S/C16H26N4O2S/c1-12-8-13(2)10-15(9-12)19-16(17)18-11-14-4-6-20(7-5-14)23(3,21)22/h8-10,14H,4-7,11H2,1-3H3,(H3,17,18,19). The van der Waals surface area contributed by atoms with Crippen molar-refractivity contribution in [2.24, 2.45) is 16.6 Å². The quantitative estimate of drug-likeness (QED) is 0.646. The van der Waals surface area contributed by atoms with E-state index in [0.29, 0.717) is 31.5 Å². The molecular weight excluding hydrogens is 312 g/mol. The lowest BCUT2D eigenvalue weighted by Crippen LogP contribution is -2.38. The number of nitrogens with one attached hydrogen (secondary N) is 1. The Morgan fingerprint density at radius 1 is 1.26 bits per heavy atom. The zero-order valence-electron chi connectivity index (χ0n) is 14.0. The Kier molecular flexibility index (Phi) is 5.64. The van der Waals surface area contributed by atoms with Crippen molar-refractivity contribution in [2.75, 3.05) is 31.2 Å². The lowest BCUT2D eigenvalue weighted by Gasteiger charge is -2.29. The van der Waals surface area contributed by atoms with E-state index in [2.05, 4.69) is 16.4 Å². The molecule has 0 unspecified atom stereocenters. The van der Waals surface area contributed by atoms with Crippen LogP contribution in [0.5, 0.6) is 0 Å². The van der Waals surface area contributed by atoms with Crippen molar-refractivity contribution in [3.8, 4) is 0 Å². The number of piperidine rings is 1. The van der Waals surface area contributed by atoms with Crippen molar-refractivity contribution in [3.63, 3.8) is 0 Å². The van der Waals surface area contributed by atoms with Crippen LogP contribution in [-0.2, 0) is 10.0 Å². The number of aryl methyl sites for hydroxylation is 2. The number of guanidine groups is 1. The molecule has 0 saturated carbocycles. The van der Waals surface area contributed by atoms with Gasteiger partial charge in [0.2, 0.25) is 10.0 Å². The van der Waals surface area contributed by atoms with E-state index in [1.807, 2.05) is 26.0 Å². The molecule has 7 heteroatoms. The van der Waals surface area contributed by atoms with E-state index in [9.17, 15) is 8.42 Å². The Morgan fingerprint density at radius 3 is 2.35 bits per heavy atom. The summed E-state index contributed by atoms with van der Waals surface area (Å²) in [6, 6.07) is 6.16. The van der Waals surface area contributed by atoms with E-state index < -0.39 is 10.0 Å². The summed E-state index contributed by atoms with van der Waals surface area (Å²) in [6.45, 7) is 5.86. The molecule has 1 aliphatic heterocycles. The van der Waals surface area contributed by atoms with Gasteiger partial charge in [-0.1, -0.05) is 6.07 Å². The summed E-state index contributed by atoms with van der Waals surface area (Å²) in [7, 11) is -3.07. The Hall–Kier alpha value is -1.60. The fourth-order valence-electron chi connectivity index (χ4n) is 2.89. The number of sulfonamides is 1. The molecule has 6 nitrogen and oxygen atoms in total. The Morgan fingerprint density at radius 2 is 1.83 bits per heavy atom. The zero-order chi connectivity index (χ0) is 17.0. The van der Waals surface area contributed by atoms with Gasteiger partial charge in [0.1, 0.15) is 0 Å². The maximum absolute atomic E-state index is 11.5. The predicted molar refractivity (Wildman–Crippen MR) is 95.2 cm³/mol. The molecule has 0 amide bonds. The van der Waals surface area contributed by atoms with Gasteiger partial charge >= 0.3 is 0 Å². The average Bonchev–Trinajstić information content (AvgIpc) is 2.43. The molecule has 0 aliphatic carbocycles. The molecule has 1 aliphatic rings. The number of nitrogens with zero attached hydrogens (tertiary/aromatic N) is 2. The molecule has 1 heterocycles. The number of rotatable bonds is 4. The molecule has 128 valence electrons. The van der Waals surface area contributed by atoms with Crippen molar-refractivity contribution in [1.82, 2.24) is 4.31 Å². The van der Waals surface area contributed by atoms with Gasteiger partial charge in [-0.2, -0.15) is 0 Å². The van der Waals surface area contributed by atoms with Crippen LogP contribution in [0.4, 0.5) is 5.69 Å². The summed E-state index contributed by atoms with van der Waals surface area (Å²) in [5.74, 6) is 0.785. The molecule has 0 bridgehead atoms. The topological polar surface area (TPSA) is 87.8 Å². The van der Waals surface area contributed by atoms with Crippen LogP contribution in [0.15, 0.2) is 23.2 Å². The molecule has 2 rings (SSSR count). The highest BCUT2D eigenvalue weighted by molar-refractivity contribution is 7.88. The molecule has 1 aromatic rings. The van der Waals surface area contributed by atoms with Crippen LogP contribution in [0.3, 0.4) is 0 Å². The molecule has 0 spiro atoms. The molecule has 0 atom stereocenters. The highest BCUT2D eigenvalue weighted by Crippen LogP contribution is 2.19. The summed E-state index contributed by atoms with van der Waals surface area (Å²) < 4.78 is 24.5. The third kappa shape index (κ3) is 5.51. The maximum Gasteiger partial charge on any atom is 0.211 e. The molecule has 23 heavy (non-hydrogen) atoms. The van der Waals surface area contributed by atoms with Crippen LogP contribution in [-0.4, -0.2) is 44.6 Å². The summed E-state index contributed by atoms with van der Waals surface area (Å²) in [5.41, 5.74) is 9.24. The molecule has 1 fully saturated rings. The fraction of sp³-hybridized carbons (Fsp3) is 0.562. The van der Waals surface area contributed by atoms with Crippen molar-refractivity contribution in [3.05, 3.63) is 29.3 Å². The highest BCUT2D eigenvalue weighted by Gasteiger charge is 2.24. The van der Waals surface area contributed by atoms with Gasteiger partial charge in [0.05, 0.1) is 6.26 Å². The molecule has 1 aromatic carbocycles. The first-order valence-corrected chi connectivity index (χ1v) is 9.69. The van der Waals surface area contributed by atoms with Crippen LogP contribution >= 0.6 is 0 Å². The third-order valence-electron chi connectivity index (χ3n) is 4.06. The van der Waals surface area contributed by atoms with Crippen LogP contribution < -0.4 is 11.1 Å². The van der Waals surface area contributed by atoms with Gasteiger partial charge in [-0.3, -0.25) is 4.99 Å². The van der Waals surface area contributed by atoms with Crippen molar-refractivity contribution < 1.29 is 8.42 Å². The van der Waals surface area contributed by atoms with E-state index in [0.717, 1.165) is 18.5 Å². The van der Waals surface area contributed by atoms with Gasteiger partial charge in [-0.05, 0) is 55.9 Å². The van der Waals surface area contributed by atoms with E-state index in [1.54, 1.807) is 0 Å². The number of nitrogens with two attached hydrogens (primary N) is 1. The summed E-state index contributed by atoms with van der Waals surface area (Å²) in [6.07, 6.45) is 2.91. The normalized spacial score (nSPS) is 18.1. The number of hydrogen-bond acceptors (Lipinski definition) is 3. The highest BCUT2D eigenvalue weighted by atomic mass is 32.2. The summed E-state index contributed by atoms with van der Waals surface area (Å²) >= 11 is 0. The van der Waals surface area contributed by atoms with Crippen LogP contribution in [0.1, 0.15) is 24.0 Å². The number of benzene rings is 1. The van der Waals surface area contributed by atoms with E-state index in [4.69, 9.17) is 5.73 Å². The predicted octanol–water partition coefficient (Wildman–Crippen LogP) is 1.70. The molecule has 0 aromatic heterocycles. The molecule has 1 saturated heterocycles.